The van der Waals surface area contributed by atoms with Crippen LogP contribution in [-0.4, -0.2) is 42.7 Å². The van der Waals surface area contributed by atoms with E-state index in [4.69, 9.17) is 5.11 Å². The number of halogens is 1. The molecule has 0 saturated heterocycles. The van der Waals surface area contributed by atoms with Gasteiger partial charge in [-0.05, 0) is 25.2 Å². The van der Waals surface area contributed by atoms with Gasteiger partial charge in [0.15, 0.2) is 0 Å². The summed E-state index contributed by atoms with van der Waals surface area (Å²) in [5.74, 6) is -0.622. The van der Waals surface area contributed by atoms with Crippen molar-refractivity contribution in [2.45, 2.75) is 0 Å². The summed E-state index contributed by atoms with van der Waals surface area (Å²) in [7, 11) is 1.72. The maximum atomic E-state index is 12.8. The molecule has 5 heteroatoms. The summed E-state index contributed by atoms with van der Waals surface area (Å²) in [5.41, 5.74) is 0.433. The highest BCUT2D eigenvalue weighted by Crippen LogP contribution is 2.08. The first-order valence-corrected chi connectivity index (χ1v) is 4.96. The van der Waals surface area contributed by atoms with E-state index in [1.807, 2.05) is 0 Å². The molecule has 16 heavy (non-hydrogen) atoms. The summed E-state index contributed by atoms with van der Waals surface area (Å²) >= 11 is 0. The Bertz CT molecular complexity index is 358. The van der Waals surface area contributed by atoms with E-state index in [1.54, 1.807) is 18.0 Å². The van der Waals surface area contributed by atoms with Gasteiger partial charge in [-0.3, -0.25) is 9.69 Å². The molecular weight excluding hydrogens is 211 g/mol. The van der Waals surface area contributed by atoms with Crippen molar-refractivity contribution in [3.8, 4) is 0 Å². The smallest absolute Gasteiger partial charge is 0.238 e. The highest BCUT2D eigenvalue weighted by molar-refractivity contribution is 5.92. The molecule has 2 N–H and O–H groups in total. The Morgan fingerprint density at radius 2 is 2.31 bits per heavy atom. The largest absolute Gasteiger partial charge is 0.395 e. The van der Waals surface area contributed by atoms with Gasteiger partial charge in [0.25, 0.3) is 0 Å². The second kappa shape index (κ2) is 6.19. The number of likely N-dealkylation sites (N-methyl/N-ethyl adjacent to an activating group) is 1. The molecule has 1 amide bonds. The van der Waals surface area contributed by atoms with Gasteiger partial charge in [-0.25, -0.2) is 4.39 Å². The van der Waals surface area contributed by atoms with Gasteiger partial charge < -0.3 is 10.4 Å². The number of nitrogens with one attached hydrogen (secondary N) is 1. The summed E-state index contributed by atoms with van der Waals surface area (Å²) in [5, 5.41) is 11.2. The van der Waals surface area contributed by atoms with Gasteiger partial charge in [0.2, 0.25) is 5.91 Å². The highest BCUT2D eigenvalue weighted by Gasteiger charge is 2.06. The summed E-state index contributed by atoms with van der Waals surface area (Å²) < 4.78 is 12.8. The molecule has 88 valence electrons. The van der Waals surface area contributed by atoms with E-state index in [1.165, 1.54) is 18.2 Å². The Kier molecular flexibility index (Phi) is 4.88. The number of anilines is 1. The average molecular weight is 226 g/mol. The Hall–Kier alpha value is -1.46. The number of hydrogen-bond acceptors (Lipinski definition) is 3. The van der Waals surface area contributed by atoms with Gasteiger partial charge in [0.1, 0.15) is 5.82 Å². The normalized spacial score (nSPS) is 10.5. The van der Waals surface area contributed by atoms with Crippen LogP contribution in [0.4, 0.5) is 10.1 Å². The number of benzene rings is 1. The predicted molar refractivity (Wildman–Crippen MR) is 59.6 cm³/mol. The molecule has 0 radical (unpaired) electrons. The fourth-order valence-corrected chi connectivity index (χ4v) is 1.26. The SMILES string of the molecule is CN(CCO)CC(=O)Nc1cccc(F)c1. The molecule has 1 aromatic carbocycles. The van der Waals surface area contributed by atoms with Crippen molar-refractivity contribution in [3.63, 3.8) is 0 Å². The fraction of sp³-hybridized carbons (Fsp3) is 0.364. The number of carbonyl (C=O) groups excluding carboxylic acids is 1. The quantitative estimate of drug-likeness (QED) is 0.776. The van der Waals surface area contributed by atoms with E-state index < -0.39 is 0 Å². The first kappa shape index (κ1) is 12.6. The van der Waals surface area contributed by atoms with Gasteiger partial charge >= 0.3 is 0 Å². The van der Waals surface area contributed by atoms with E-state index in [0.29, 0.717) is 12.2 Å². The molecule has 0 saturated carbocycles. The zero-order valence-corrected chi connectivity index (χ0v) is 9.11. The fourth-order valence-electron chi connectivity index (χ4n) is 1.26. The Morgan fingerprint density at radius 3 is 2.94 bits per heavy atom. The Balaban J connectivity index is 2.45. The molecule has 0 aromatic heterocycles. The van der Waals surface area contributed by atoms with Crippen LogP contribution in [0.15, 0.2) is 24.3 Å². The predicted octanol–water partition coefficient (Wildman–Crippen LogP) is 0.688. The van der Waals surface area contributed by atoms with Gasteiger partial charge in [-0.2, -0.15) is 0 Å². The minimum Gasteiger partial charge on any atom is -0.395 e. The van der Waals surface area contributed by atoms with Crippen molar-refractivity contribution in [2.75, 3.05) is 32.1 Å². The third kappa shape index (κ3) is 4.37. The first-order valence-electron chi connectivity index (χ1n) is 4.96. The lowest BCUT2D eigenvalue weighted by atomic mass is 10.3. The summed E-state index contributed by atoms with van der Waals surface area (Å²) in [6, 6.07) is 5.72. The molecule has 1 rings (SSSR count). The molecule has 4 nitrogen and oxygen atoms in total. The van der Waals surface area contributed by atoms with Crippen LogP contribution in [0.25, 0.3) is 0 Å². The van der Waals surface area contributed by atoms with Crippen LogP contribution in [0.2, 0.25) is 0 Å². The summed E-state index contributed by atoms with van der Waals surface area (Å²) in [6.45, 7) is 0.595. The lowest BCUT2D eigenvalue weighted by Gasteiger charge is -2.14. The number of rotatable bonds is 5. The van der Waals surface area contributed by atoms with Crippen LogP contribution in [0.1, 0.15) is 0 Å². The summed E-state index contributed by atoms with van der Waals surface area (Å²) in [6.07, 6.45) is 0. The molecule has 0 unspecified atom stereocenters. The minimum absolute atomic E-state index is 0.00372. The number of hydrogen-bond donors (Lipinski definition) is 2. The Labute approximate surface area is 93.7 Å². The van der Waals surface area contributed by atoms with Gasteiger partial charge in [0.05, 0.1) is 13.2 Å². The van der Waals surface area contributed by atoms with Crippen LogP contribution >= 0.6 is 0 Å². The second-order valence-corrected chi connectivity index (χ2v) is 3.52. The molecular formula is C11H15FN2O2. The van der Waals surface area contributed by atoms with Crippen molar-refractivity contribution in [2.24, 2.45) is 0 Å². The van der Waals surface area contributed by atoms with E-state index in [2.05, 4.69) is 5.32 Å². The number of nitrogens with zero attached hydrogens (tertiary/aromatic N) is 1. The van der Waals surface area contributed by atoms with Crippen LogP contribution in [0.5, 0.6) is 0 Å². The lowest BCUT2D eigenvalue weighted by Crippen LogP contribution is -2.32. The third-order valence-corrected chi connectivity index (χ3v) is 2.00. The maximum absolute atomic E-state index is 12.8. The zero-order valence-electron chi connectivity index (χ0n) is 9.11. The number of aliphatic hydroxyl groups is 1. The second-order valence-electron chi connectivity index (χ2n) is 3.52. The van der Waals surface area contributed by atoms with Crippen LogP contribution in [-0.2, 0) is 4.79 Å². The third-order valence-electron chi connectivity index (χ3n) is 2.00. The van der Waals surface area contributed by atoms with Crippen molar-refractivity contribution >= 4 is 11.6 Å². The maximum Gasteiger partial charge on any atom is 0.238 e. The topological polar surface area (TPSA) is 52.6 Å². The molecule has 0 aliphatic rings. The van der Waals surface area contributed by atoms with Crippen LogP contribution < -0.4 is 5.32 Å². The first-order chi connectivity index (χ1) is 7.61. The molecule has 0 spiro atoms. The summed E-state index contributed by atoms with van der Waals surface area (Å²) in [4.78, 5) is 13.1. The van der Waals surface area contributed by atoms with Crippen molar-refractivity contribution in [3.05, 3.63) is 30.1 Å². The molecule has 1 aromatic rings. The van der Waals surface area contributed by atoms with E-state index >= 15 is 0 Å². The molecule has 0 atom stereocenters. The number of carbonyl (C=O) groups is 1. The van der Waals surface area contributed by atoms with Crippen molar-refractivity contribution in [1.82, 2.24) is 4.90 Å². The zero-order chi connectivity index (χ0) is 12.0. The van der Waals surface area contributed by atoms with E-state index in [9.17, 15) is 9.18 Å². The Morgan fingerprint density at radius 1 is 1.56 bits per heavy atom. The van der Waals surface area contributed by atoms with Crippen molar-refractivity contribution in [1.29, 1.82) is 0 Å². The van der Waals surface area contributed by atoms with E-state index in [-0.39, 0.29) is 24.9 Å². The monoisotopic (exact) mass is 226 g/mol. The van der Waals surface area contributed by atoms with Gasteiger partial charge in [0, 0.05) is 12.2 Å². The van der Waals surface area contributed by atoms with Gasteiger partial charge in [-0.1, -0.05) is 6.07 Å². The van der Waals surface area contributed by atoms with Gasteiger partial charge in [-0.15, -0.1) is 0 Å². The molecule has 0 fully saturated rings. The molecule has 0 aliphatic heterocycles. The average Bonchev–Trinajstić information content (AvgIpc) is 2.17. The van der Waals surface area contributed by atoms with E-state index in [0.717, 1.165) is 0 Å². The van der Waals surface area contributed by atoms with Crippen molar-refractivity contribution < 1.29 is 14.3 Å². The number of amides is 1. The molecule has 0 aliphatic carbocycles. The lowest BCUT2D eigenvalue weighted by molar-refractivity contribution is -0.117. The standard InChI is InChI=1S/C11H15FN2O2/c1-14(5-6-15)8-11(16)13-10-4-2-3-9(12)7-10/h2-4,7,15H,5-6,8H2,1H3,(H,13,16). The van der Waals surface area contributed by atoms with Crippen LogP contribution in [0, 0.1) is 5.82 Å². The highest BCUT2D eigenvalue weighted by atomic mass is 19.1. The minimum atomic E-state index is -0.387. The molecule has 0 bridgehead atoms. The molecule has 0 heterocycles. The van der Waals surface area contributed by atoms with Crippen LogP contribution in [0.3, 0.4) is 0 Å². The number of aliphatic hydroxyl groups excluding tert-OH is 1.